The molecule has 34 heavy (non-hydrogen) atoms. The number of imidazole rings is 1. The molecule has 2 aromatic heterocycles. The molecule has 0 aliphatic rings. The van der Waals surface area contributed by atoms with Gasteiger partial charge in [-0.3, -0.25) is 4.98 Å². The van der Waals surface area contributed by atoms with Gasteiger partial charge >= 0.3 is 0 Å². The van der Waals surface area contributed by atoms with Crippen LogP contribution in [-0.4, -0.2) is 19.6 Å². The Bertz CT molecular complexity index is 1640. The largest absolute Gasteiger partial charge is 0.507 e. The van der Waals surface area contributed by atoms with E-state index in [9.17, 15) is 5.11 Å². The summed E-state index contributed by atoms with van der Waals surface area (Å²) in [5.74, 6) is 0.937. The van der Waals surface area contributed by atoms with Gasteiger partial charge < -0.3 is 9.67 Å². The van der Waals surface area contributed by atoms with Crippen LogP contribution in [0.5, 0.6) is 5.75 Å². The second-order valence-corrected chi connectivity index (χ2v) is 8.05. The summed E-state index contributed by atoms with van der Waals surface area (Å²) in [5.41, 5.74) is 6.38. The number of aromatic hydroxyl groups is 1. The van der Waals surface area contributed by atoms with Crippen molar-refractivity contribution in [3.05, 3.63) is 103 Å². The van der Waals surface area contributed by atoms with E-state index in [0.717, 1.165) is 50.0 Å². The zero-order chi connectivity index (χ0) is 22.4. The normalized spacial score (nSPS) is 11.0. The van der Waals surface area contributed by atoms with Crippen LogP contribution in [0.1, 0.15) is 0 Å². The molecular formula is C29H20N3OPt-. The van der Waals surface area contributed by atoms with Gasteiger partial charge in [0, 0.05) is 40.0 Å². The molecule has 0 radical (unpaired) electrons. The number of aryl methyl sites for hydroxylation is 1. The summed E-state index contributed by atoms with van der Waals surface area (Å²) in [6.07, 6.45) is 1.80. The van der Waals surface area contributed by atoms with Gasteiger partial charge in [-0.2, -0.15) is 0 Å². The Balaban J connectivity index is 0.00000241. The number of nitrogens with zero attached hydrogens (tertiary/aromatic N) is 3. The Morgan fingerprint density at radius 2 is 1.59 bits per heavy atom. The van der Waals surface area contributed by atoms with Crippen LogP contribution in [0.3, 0.4) is 0 Å². The van der Waals surface area contributed by atoms with Crippen LogP contribution in [0.4, 0.5) is 0 Å². The molecule has 0 atom stereocenters. The molecule has 0 aliphatic heterocycles. The predicted octanol–water partition coefficient (Wildman–Crippen LogP) is 6.63. The van der Waals surface area contributed by atoms with Crippen LogP contribution in [-0.2, 0) is 28.1 Å². The third-order valence-corrected chi connectivity index (χ3v) is 6.06. The first-order chi connectivity index (χ1) is 16.2. The van der Waals surface area contributed by atoms with Crippen LogP contribution in [0, 0.1) is 6.07 Å². The third-order valence-electron chi connectivity index (χ3n) is 6.06. The summed E-state index contributed by atoms with van der Waals surface area (Å²) in [4.78, 5) is 9.54. The molecule has 4 aromatic carbocycles. The number of rotatable bonds is 3. The fourth-order valence-electron chi connectivity index (χ4n) is 4.44. The molecule has 6 aromatic rings. The van der Waals surface area contributed by atoms with Gasteiger partial charge in [0.05, 0.1) is 16.6 Å². The molecule has 0 spiro atoms. The number of hydrogen-bond acceptors (Lipinski definition) is 3. The van der Waals surface area contributed by atoms with E-state index in [1.165, 1.54) is 0 Å². The van der Waals surface area contributed by atoms with Crippen molar-refractivity contribution in [1.82, 2.24) is 14.5 Å². The summed E-state index contributed by atoms with van der Waals surface area (Å²) in [5, 5.41) is 12.7. The second kappa shape index (κ2) is 8.89. The monoisotopic (exact) mass is 621 g/mol. The van der Waals surface area contributed by atoms with Crippen molar-refractivity contribution in [3.8, 4) is 39.5 Å². The maximum Gasteiger partial charge on any atom is 0.143 e. The summed E-state index contributed by atoms with van der Waals surface area (Å²) in [6.45, 7) is 0. The number of benzene rings is 4. The quantitative estimate of drug-likeness (QED) is 0.226. The van der Waals surface area contributed by atoms with E-state index in [4.69, 9.17) is 4.98 Å². The minimum atomic E-state index is 0. The first-order valence-corrected chi connectivity index (χ1v) is 10.8. The molecule has 0 amide bonds. The topological polar surface area (TPSA) is 50.9 Å². The van der Waals surface area contributed by atoms with Crippen LogP contribution < -0.4 is 0 Å². The molecule has 2 heterocycles. The van der Waals surface area contributed by atoms with E-state index >= 15 is 0 Å². The van der Waals surface area contributed by atoms with E-state index in [1.54, 1.807) is 12.3 Å². The zero-order valence-electron chi connectivity index (χ0n) is 18.3. The van der Waals surface area contributed by atoms with E-state index in [0.29, 0.717) is 5.56 Å². The molecule has 0 fully saturated rings. The Kier molecular flexibility index (Phi) is 5.77. The number of para-hydroxylation sites is 2. The molecule has 6 rings (SSSR count). The Morgan fingerprint density at radius 3 is 2.41 bits per heavy atom. The number of aromatic nitrogens is 3. The summed E-state index contributed by atoms with van der Waals surface area (Å²) in [7, 11) is 1.98. The first kappa shape index (κ1) is 22.1. The molecule has 0 saturated carbocycles. The standard InChI is InChI=1S/C29H20N3O.Pt/c1-32-26-14-8-12-22(28(26)31-29(32)23-11-4-5-15-27(23)33)24-18-20(25-13-6-7-16-30-25)17-19-9-2-3-10-21(19)24;/h2-17,33H,1H3;/q-1;. The van der Waals surface area contributed by atoms with Crippen LogP contribution in [0.15, 0.2) is 97.2 Å². The molecule has 168 valence electrons. The minimum absolute atomic E-state index is 0. The fourth-order valence-corrected chi connectivity index (χ4v) is 4.44. The summed E-state index contributed by atoms with van der Waals surface area (Å²) >= 11 is 0. The number of pyridine rings is 1. The zero-order valence-corrected chi connectivity index (χ0v) is 20.6. The van der Waals surface area contributed by atoms with E-state index < -0.39 is 0 Å². The van der Waals surface area contributed by atoms with Crippen molar-refractivity contribution in [2.24, 2.45) is 7.05 Å². The van der Waals surface area contributed by atoms with Gasteiger partial charge in [0.15, 0.2) is 0 Å². The van der Waals surface area contributed by atoms with Gasteiger partial charge in [0.2, 0.25) is 0 Å². The smallest absolute Gasteiger partial charge is 0.143 e. The van der Waals surface area contributed by atoms with Crippen molar-refractivity contribution in [2.45, 2.75) is 0 Å². The predicted molar refractivity (Wildman–Crippen MR) is 133 cm³/mol. The Labute approximate surface area is 211 Å². The Morgan fingerprint density at radius 1 is 0.824 bits per heavy atom. The molecule has 0 aliphatic carbocycles. The first-order valence-electron chi connectivity index (χ1n) is 10.8. The fraction of sp³-hybridized carbons (Fsp3) is 0.0345. The molecule has 0 saturated heterocycles. The van der Waals surface area contributed by atoms with Gasteiger partial charge in [-0.15, -0.1) is 17.7 Å². The van der Waals surface area contributed by atoms with E-state index in [-0.39, 0.29) is 26.8 Å². The van der Waals surface area contributed by atoms with Gasteiger partial charge in [-0.05, 0) is 24.3 Å². The molecule has 5 heteroatoms. The van der Waals surface area contributed by atoms with Crippen LogP contribution in [0.2, 0.25) is 0 Å². The average molecular weight is 622 g/mol. The van der Waals surface area contributed by atoms with Gasteiger partial charge in [-0.25, -0.2) is 4.98 Å². The van der Waals surface area contributed by atoms with Crippen molar-refractivity contribution in [2.75, 3.05) is 0 Å². The molecule has 0 unspecified atom stereocenters. The van der Waals surface area contributed by atoms with Crippen molar-refractivity contribution in [1.29, 1.82) is 0 Å². The van der Waals surface area contributed by atoms with Crippen LogP contribution >= 0.6 is 0 Å². The van der Waals surface area contributed by atoms with Gasteiger partial charge in [0.1, 0.15) is 11.6 Å². The number of phenols is 1. The average Bonchev–Trinajstić information content (AvgIpc) is 3.20. The SMILES string of the molecule is Cn1c(-c2ccccc2O)nc2c(-c3[c-]c(-c4ccccn4)cc4ccccc34)cccc21.[Pt]. The van der Waals surface area contributed by atoms with Gasteiger partial charge in [-0.1, -0.05) is 82.6 Å². The molecule has 1 N–H and O–H groups in total. The Hall–Kier alpha value is -3.75. The maximum atomic E-state index is 10.4. The molecular weight excluding hydrogens is 601 g/mol. The van der Waals surface area contributed by atoms with E-state index in [2.05, 4.69) is 41.4 Å². The maximum absolute atomic E-state index is 10.4. The number of fused-ring (bicyclic) bond motifs is 2. The van der Waals surface area contributed by atoms with Crippen molar-refractivity contribution < 1.29 is 26.2 Å². The van der Waals surface area contributed by atoms with Crippen LogP contribution in [0.25, 0.3) is 55.6 Å². The number of phenolic OH excluding ortho intramolecular Hbond substituents is 1. The van der Waals surface area contributed by atoms with Gasteiger partial charge in [0.25, 0.3) is 0 Å². The minimum Gasteiger partial charge on any atom is -0.507 e. The number of hydrogen-bond donors (Lipinski definition) is 1. The second-order valence-electron chi connectivity index (χ2n) is 8.05. The van der Waals surface area contributed by atoms with Crippen molar-refractivity contribution >= 4 is 21.8 Å². The third kappa shape index (κ3) is 3.61. The molecule has 0 bridgehead atoms. The molecule has 4 nitrogen and oxygen atoms in total. The summed E-state index contributed by atoms with van der Waals surface area (Å²) < 4.78 is 2.03. The summed E-state index contributed by atoms with van der Waals surface area (Å²) in [6, 6.07) is 33.5. The van der Waals surface area contributed by atoms with Crippen molar-refractivity contribution in [3.63, 3.8) is 0 Å². The van der Waals surface area contributed by atoms with E-state index in [1.807, 2.05) is 66.2 Å².